The summed E-state index contributed by atoms with van der Waals surface area (Å²) in [6.07, 6.45) is 2.54. The van der Waals surface area contributed by atoms with Gasteiger partial charge in [-0.1, -0.05) is 44.2 Å². The predicted octanol–water partition coefficient (Wildman–Crippen LogP) is 3.48. The van der Waals surface area contributed by atoms with Crippen LogP contribution < -0.4 is 10.6 Å². The molecule has 164 valence electrons. The van der Waals surface area contributed by atoms with Crippen LogP contribution in [0.1, 0.15) is 38.1 Å². The third-order valence-electron chi connectivity index (χ3n) is 5.62. The molecule has 2 unspecified atom stereocenters. The molecule has 0 bridgehead atoms. The largest absolute Gasteiger partial charge is 0.469 e. The molecule has 1 aromatic heterocycles. The molecule has 0 radical (unpaired) electrons. The van der Waals surface area contributed by atoms with E-state index < -0.39 is 0 Å². The highest BCUT2D eigenvalue weighted by atomic mass is 16.5. The fourth-order valence-corrected chi connectivity index (χ4v) is 3.78. The Bertz CT molecular complexity index is 740. The summed E-state index contributed by atoms with van der Waals surface area (Å²) in [6, 6.07) is 15.0. The molecule has 6 nitrogen and oxygen atoms in total. The number of furan rings is 1. The van der Waals surface area contributed by atoms with Crippen LogP contribution in [0.4, 0.5) is 0 Å². The van der Waals surface area contributed by atoms with Gasteiger partial charge in [0.2, 0.25) is 0 Å². The Hall–Kier alpha value is -2.31. The van der Waals surface area contributed by atoms with E-state index in [1.807, 2.05) is 18.2 Å². The second-order valence-corrected chi connectivity index (χ2v) is 8.18. The number of hydrogen-bond acceptors (Lipinski definition) is 4. The maximum Gasteiger partial charge on any atom is 0.191 e. The Morgan fingerprint density at radius 1 is 1.07 bits per heavy atom. The van der Waals surface area contributed by atoms with Crippen molar-refractivity contribution in [2.75, 3.05) is 39.4 Å². The van der Waals surface area contributed by atoms with Crippen molar-refractivity contribution in [1.82, 2.24) is 15.5 Å². The smallest absolute Gasteiger partial charge is 0.191 e. The van der Waals surface area contributed by atoms with Gasteiger partial charge in [-0.25, -0.2) is 0 Å². The van der Waals surface area contributed by atoms with Crippen LogP contribution in [0.2, 0.25) is 0 Å². The van der Waals surface area contributed by atoms with Crippen LogP contribution in [0.25, 0.3) is 0 Å². The zero-order chi connectivity index (χ0) is 21.2. The Kier molecular flexibility index (Phi) is 8.78. The molecule has 0 amide bonds. The topological polar surface area (TPSA) is 62.0 Å². The van der Waals surface area contributed by atoms with Gasteiger partial charge in [0.25, 0.3) is 0 Å². The van der Waals surface area contributed by atoms with Gasteiger partial charge in [-0.15, -0.1) is 0 Å². The van der Waals surface area contributed by atoms with Crippen molar-refractivity contribution in [2.24, 2.45) is 10.9 Å². The standard InChI is InChI=1S/C24H36N4O2/c1-19(2)23(28-13-16-29-17-14-28)18-26-24(25-12-11-22-10-7-15-30-22)27-20(3)21-8-5-4-6-9-21/h4-10,15,19-20,23H,11-14,16-18H2,1-3H3,(H2,25,26,27). The van der Waals surface area contributed by atoms with Gasteiger partial charge in [0.15, 0.2) is 5.96 Å². The van der Waals surface area contributed by atoms with E-state index in [0.29, 0.717) is 12.0 Å². The highest BCUT2D eigenvalue weighted by molar-refractivity contribution is 5.80. The van der Waals surface area contributed by atoms with E-state index >= 15 is 0 Å². The molecule has 0 spiro atoms. The summed E-state index contributed by atoms with van der Waals surface area (Å²) in [4.78, 5) is 7.50. The van der Waals surface area contributed by atoms with Crippen molar-refractivity contribution in [3.8, 4) is 0 Å². The molecule has 0 aliphatic carbocycles. The highest BCUT2D eigenvalue weighted by Gasteiger charge is 2.23. The SMILES string of the molecule is CC(NC(=NCC(C(C)C)N1CCOCC1)NCCc1ccco1)c1ccccc1. The molecular formula is C24H36N4O2. The number of morpholine rings is 1. The molecular weight excluding hydrogens is 376 g/mol. The molecule has 6 heteroatoms. The normalized spacial score (nSPS) is 17.7. The first kappa shape index (κ1) is 22.4. The molecule has 1 aliphatic heterocycles. The molecule has 3 rings (SSSR count). The molecule has 2 N–H and O–H groups in total. The van der Waals surface area contributed by atoms with E-state index in [2.05, 4.69) is 60.6 Å². The third-order valence-corrected chi connectivity index (χ3v) is 5.62. The number of aliphatic imine (C=N–C) groups is 1. The minimum atomic E-state index is 0.168. The minimum absolute atomic E-state index is 0.168. The molecule has 2 heterocycles. The first-order valence-corrected chi connectivity index (χ1v) is 11.1. The number of nitrogens with one attached hydrogen (secondary N) is 2. The summed E-state index contributed by atoms with van der Waals surface area (Å²) in [7, 11) is 0. The van der Waals surface area contributed by atoms with E-state index in [4.69, 9.17) is 14.1 Å². The molecule has 1 aromatic carbocycles. The van der Waals surface area contributed by atoms with Gasteiger partial charge in [0, 0.05) is 32.1 Å². The predicted molar refractivity (Wildman–Crippen MR) is 122 cm³/mol. The number of guanidine groups is 1. The molecule has 1 aliphatic rings. The Labute approximate surface area is 180 Å². The van der Waals surface area contributed by atoms with E-state index in [9.17, 15) is 0 Å². The monoisotopic (exact) mass is 412 g/mol. The van der Waals surface area contributed by atoms with E-state index in [1.54, 1.807) is 6.26 Å². The fraction of sp³-hybridized carbons (Fsp3) is 0.542. The van der Waals surface area contributed by atoms with Crippen molar-refractivity contribution in [3.05, 3.63) is 60.1 Å². The summed E-state index contributed by atoms with van der Waals surface area (Å²) in [5, 5.41) is 7.07. The lowest BCUT2D eigenvalue weighted by molar-refractivity contribution is 0.00867. The van der Waals surface area contributed by atoms with Crippen molar-refractivity contribution < 1.29 is 9.15 Å². The number of nitrogens with zero attached hydrogens (tertiary/aromatic N) is 2. The van der Waals surface area contributed by atoms with Gasteiger partial charge in [-0.3, -0.25) is 9.89 Å². The van der Waals surface area contributed by atoms with Crippen molar-refractivity contribution in [2.45, 2.75) is 39.3 Å². The summed E-state index contributed by atoms with van der Waals surface area (Å²) in [5.41, 5.74) is 1.24. The van der Waals surface area contributed by atoms with Gasteiger partial charge in [-0.2, -0.15) is 0 Å². The molecule has 1 fully saturated rings. The maximum absolute atomic E-state index is 5.53. The second kappa shape index (κ2) is 11.8. The highest BCUT2D eigenvalue weighted by Crippen LogP contribution is 2.14. The van der Waals surface area contributed by atoms with Crippen LogP contribution in [0.3, 0.4) is 0 Å². The van der Waals surface area contributed by atoms with E-state index in [-0.39, 0.29) is 6.04 Å². The fourth-order valence-electron chi connectivity index (χ4n) is 3.78. The summed E-state index contributed by atoms with van der Waals surface area (Å²) in [6.45, 7) is 11.8. The lowest BCUT2D eigenvalue weighted by Crippen LogP contribution is -2.48. The van der Waals surface area contributed by atoms with Gasteiger partial charge in [0.1, 0.15) is 5.76 Å². The first-order valence-electron chi connectivity index (χ1n) is 11.1. The van der Waals surface area contributed by atoms with Crippen LogP contribution in [-0.4, -0.2) is 56.3 Å². The third kappa shape index (κ3) is 6.89. The zero-order valence-corrected chi connectivity index (χ0v) is 18.5. The number of ether oxygens (including phenoxy) is 1. The van der Waals surface area contributed by atoms with E-state index in [1.165, 1.54) is 5.56 Å². The van der Waals surface area contributed by atoms with Crippen LogP contribution in [0.5, 0.6) is 0 Å². The number of rotatable bonds is 9. The molecule has 2 aromatic rings. The molecule has 30 heavy (non-hydrogen) atoms. The zero-order valence-electron chi connectivity index (χ0n) is 18.5. The van der Waals surface area contributed by atoms with Gasteiger partial charge in [-0.05, 0) is 30.5 Å². The Balaban J connectivity index is 1.65. The molecule has 0 saturated carbocycles. The maximum atomic E-state index is 5.53. The number of benzene rings is 1. The summed E-state index contributed by atoms with van der Waals surface area (Å²) in [5.74, 6) is 2.35. The summed E-state index contributed by atoms with van der Waals surface area (Å²) < 4.78 is 11.0. The van der Waals surface area contributed by atoms with Crippen LogP contribution in [0, 0.1) is 5.92 Å². The van der Waals surface area contributed by atoms with Crippen molar-refractivity contribution >= 4 is 5.96 Å². The van der Waals surface area contributed by atoms with Gasteiger partial charge < -0.3 is 19.8 Å². The van der Waals surface area contributed by atoms with Crippen molar-refractivity contribution in [3.63, 3.8) is 0 Å². The number of hydrogen-bond donors (Lipinski definition) is 2. The first-order chi connectivity index (χ1) is 14.6. The Morgan fingerprint density at radius 3 is 2.50 bits per heavy atom. The van der Waals surface area contributed by atoms with E-state index in [0.717, 1.165) is 57.5 Å². The molecule has 2 atom stereocenters. The summed E-state index contributed by atoms with van der Waals surface area (Å²) >= 11 is 0. The van der Waals surface area contributed by atoms with Crippen molar-refractivity contribution in [1.29, 1.82) is 0 Å². The Morgan fingerprint density at radius 2 is 1.83 bits per heavy atom. The van der Waals surface area contributed by atoms with Gasteiger partial charge >= 0.3 is 0 Å². The average molecular weight is 413 g/mol. The lowest BCUT2D eigenvalue weighted by atomic mass is 10.0. The second-order valence-electron chi connectivity index (χ2n) is 8.18. The van der Waals surface area contributed by atoms with Gasteiger partial charge in [0.05, 0.1) is 32.1 Å². The van der Waals surface area contributed by atoms with Crippen LogP contribution in [0.15, 0.2) is 58.1 Å². The van der Waals surface area contributed by atoms with Crippen LogP contribution >= 0.6 is 0 Å². The minimum Gasteiger partial charge on any atom is -0.469 e. The van der Waals surface area contributed by atoms with Crippen LogP contribution in [-0.2, 0) is 11.2 Å². The lowest BCUT2D eigenvalue weighted by Gasteiger charge is -2.36. The molecule has 1 saturated heterocycles. The average Bonchev–Trinajstić information content (AvgIpc) is 3.28. The quantitative estimate of drug-likeness (QED) is 0.488.